The van der Waals surface area contributed by atoms with E-state index in [0.29, 0.717) is 19.4 Å². The van der Waals surface area contributed by atoms with Gasteiger partial charge in [-0.05, 0) is 18.4 Å². The molecule has 1 saturated carbocycles. The van der Waals surface area contributed by atoms with Crippen molar-refractivity contribution in [2.45, 2.75) is 19.4 Å². The number of carbonyl (C=O) groups excluding carboxylic acids is 2. The van der Waals surface area contributed by atoms with Crippen molar-refractivity contribution in [3.05, 3.63) is 35.9 Å². The topological polar surface area (TPSA) is 55.4 Å². The summed E-state index contributed by atoms with van der Waals surface area (Å²) in [4.78, 5) is 23.4. The molecule has 17 heavy (non-hydrogen) atoms. The first-order valence-corrected chi connectivity index (χ1v) is 5.60. The fourth-order valence-electron chi connectivity index (χ4n) is 1.79. The van der Waals surface area contributed by atoms with Crippen molar-refractivity contribution in [1.82, 2.24) is 5.32 Å². The minimum Gasteiger partial charge on any atom is -0.468 e. The van der Waals surface area contributed by atoms with Crippen LogP contribution in [0.4, 0.5) is 0 Å². The summed E-state index contributed by atoms with van der Waals surface area (Å²) < 4.78 is 4.65. The Morgan fingerprint density at radius 2 is 1.94 bits per heavy atom. The molecule has 0 aromatic heterocycles. The number of hydrogen-bond acceptors (Lipinski definition) is 3. The lowest BCUT2D eigenvalue weighted by Crippen LogP contribution is -2.37. The maximum atomic E-state index is 11.9. The Balaban J connectivity index is 1.92. The van der Waals surface area contributed by atoms with E-state index >= 15 is 0 Å². The molecule has 0 bridgehead atoms. The Kier molecular flexibility index (Phi) is 3.13. The smallest absolute Gasteiger partial charge is 0.321 e. The third kappa shape index (κ3) is 2.30. The second-order valence-electron chi connectivity index (χ2n) is 4.24. The third-order valence-electron chi connectivity index (χ3n) is 3.06. The number of hydrogen-bond donors (Lipinski definition) is 1. The van der Waals surface area contributed by atoms with Crippen molar-refractivity contribution in [2.24, 2.45) is 5.41 Å². The van der Waals surface area contributed by atoms with Gasteiger partial charge in [-0.1, -0.05) is 30.3 Å². The molecule has 1 aliphatic rings. The van der Waals surface area contributed by atoms with Crippen molar-refractivity contribution in [1.29, 1.82) is 0 Å². The lowest BCUT2D eigenvalue weighted by Gasteiger charge is -2.12. The first kappa shape index (κ1) is 11.6. The summed E-state index contributed by atoms with van der Waals surface area (Å²) in [5.74, 6) is -0.656. The lowest BCUT2D eigenvalue weighted by molar-refractivity contribution is -0.152. The summed E-state index contributed by atoms with van der Waals surface area (Å²) in [7, 11) is 1.31. The van der Waals surface area contributed by atoms with Gasteiger partial charge in [0, 0.05) is 6.54 Å². The number of esters is 1. The zero-order valence-corrected chi connectivity index (χ0v) is 9.73. The molecule has 0 spiro atoms. The maximum absolute atomic E-state index is 11.9. The van der Waals surface area contributed by atoms with Gasteiger partial charge in [0.15, 0.2) is 0 Å². The Labute approximate surface area is 100.0 Å². The van der Waals surface area contributed by atoms with Crippen LogP contribution in [0.25, 0.3) is 0 Å². The molecule has 0 radical (unpaired) electrons. The molecular formula is C13H15NO3. The summed E-state index contributed by atoms with van der Waals surface area (Å²) >= 11 is 0. The molecule has 0 heterocycles. The zero-order chi connectivity index (χ0) is 12.3. The molecule has 4 nitrogen and oxygen atoms in total. The first-order chi connectivity index (χ1) is 8.19. The van der Waals surface area contributed by atoms with Crippen LogP contribution in [0.1, 0.15) is 18.4 Å². The van der Waals surface area contributed by atoms with E-state index in [9.17, 15) is 9.59 Å². The van der Waals surface area contributed by atoms with Crippen LogP contribution in [0.5, 0.6) is 0 Å². The van der Waals surface area contributed by atoms with Crippen molar-refractivity contribution in [3.63, 3.8) is 0 Å². The van der Waals surface area contributed by atoms with Crippen LogP contribution in [0.15, 0.2) is 30.3 Å². The summed E-state index contributed by atoms with van der Waals surface area (Å²) in [5, 5.41) is 2.78. The molecule has 0 atom stereocenters. The van der Waals surface area contributed by atoms with Gasteiger partial charge in [0.25, 0.3) is 0 Å². The monoisotopic (exact) mass is 233 g/mol. The van der Waals surface area contributed by atoms with E-state index in [-0.39, 0.29) is 5.91 Å². The number of methoxy groups -OCH3 is 1. The Morgan fingerprint density at radius 3 is 2.47 bits per heavy atom. The van der Waals surface area contributed by atoms with Crippen LogP contribution in [-0.2, 0) is 20.9 Å². The highest BCUT2D eigenvalue weighted by molar-refractivity contribution is 6.05. The minimum absolute atomic E-state index is 0.229. The summed E-state index contributed by atoms with van der Waals surface area (Å²) in [6.07, 6.45) is 1.17. The fraction of sp³-hybridized carbons (Fsp3) is 0.385. The summed E-state index contributed by atoms with van der Waals surface area (Å²) in [6, 6.07) is 9.60. The standard InChI is InChI=1S/C13H15NO3/c1-17-12(16)13(7-8-13)11(15)14-9-10-5-3-2-4-6-10/h2-6H,7-9H2,1H3,(H,14,15). The second-order valence-corrected chi connectivity index (χ2v) is 4.24. The highest BCUT2D eigenvalue weighted by Gasteiger charge is 2.57. The third-order valence-corrected chi connectivity index (χ3v) is 3.06. The molecule has 4 heteroatoms. The van der Waals surface area contributed by atoms with Crippen molar-refractivity contribution in [3.8, 4) is 0 Å². The van der Waals surface area contributed by atoms with E-state index in [1.807, 2.05) is 30.3 Å². The van der Waals surface area contributed by atoms with E-state index < -0.39 is 11.4 Å². The highest BCUT2D eigenvalue weighted by Crippen LogP contribution is 2.46. The molecule has 1 aliphatic carbocycles. The average Bonchev–Trinajstić information content (AvgIpc) is 3.17. The molecule has 1 fully saturated rings. The quantitative estimate of drug-likeness (QED) is 0.629. The van der Waals surface area contributed by atoms with Crippen LogP contribution in [0.3, 0.4) is 0 Å². The van der Waals surface area contributed by atoms with Crippen LogP contribution in [0.2, 0.25) is 0 Å². The van der Waals surface area contributed by atoms with E-state index in [1.165, 1.54) is 7.11 Å². The van der Waals surface area contributed by atoms with Gasteiger partial charge in [0.05, 0.1) is 7.11 Å². The maximum Gasteiger partial charge on any atom is 0.321 e. The van der Waals surface area contributed by atoms with Crippen molar-refractivity contribution in [2.75, 3.05) is 7.11 Å². The molecule has 1 N–H and O–H groups in total. The molecule has 1 aromatic carbocycles. The van der Waals surface area contributed by atoms with Crippen LogP contribution in [-0.4, -0.2) is 19.0 Å². The number of rotatable bonds is 4. The average molecular weight is 233 g/mol. The van der Waals surface area contributed by atoms with Gasteiger partial charge < -0.3 is 10.1 Å². The molecule has 90 valence electrons. The lowest BCUT2D eigenvalue weighted by atomic mass is 10.1. The predicted octanol–water partition coefficient (Wildman–Crippen LogP) is 1.26. The Bertz CT molecular complexity index is 424. The van der Waals surface area contributed by atoms with Crippen molar-refractivity contribution < 1.29 is 14.3 Å². The zero-order valence-electron chi connectivity index (χ0n) is 9.73. The number of ether oxygens (including phenoxy) is 1. The summed E-state index contributed by atoms with van der Waals surface area (Å²) in [6.45, 7) is 0.443. The van der Waals surface area contributed by atoms with Crippen LogP contribution in [0, 0.1) is 5.41 Å². The second kappa shape index (κ2) is 4.57. The van der Waals surface area contributed by atoms with Gasteiger partial charge in [0.1, 0.15) is 5.41 Å². The largest absolute Gasteiger partial charge is 0.468 e. The molecule has 2 rings (SSSR count). The van der Waals surface area contributed by atoms with Gasteiger partial charge in [0.2, 0.25) is 5.91 Å². The molecule has 0 saturated heterocycles. The van der Waals surface area contributed by atoms with E-state index in [2.05, 4.69) is 10.1 Å². The predicted molar refractivity (Wildman–Crippen MR) is 62.0 cm³/mol. The molecule has 1 amide bonds. The number of amides is 1. The molecule has 0 unspecified atom stereocenters. The van der Waals surface area contributed by atoms with Gasteiger partial charge in [-0.2, -0.15) is 0 Å². The SMILES string of the molecule is COC(=O)C1(C(=O)NCc2ccccc2)CC1. The molecule has 0 aliphatic heterocycles. The van der Waals surface area contributed by atoms with Gasteiger partial charge >= 0.3 is 5.97 Å². The van der Waals surface area contributed by atoms with Crippen LogP contribution < -0.4 is 5.32 Å². The van der Waals surface area contributed by atoms with Gasteiger partial charge in [-0.15, -0.1) is 0 Å². The molecule has 1 aromatic rings. The number of nitrogens with one attached hydrogen (secondary N) is 1. The van der Waals surface area contributed by atoms with E-state index in [1.54, 1.807) is 0 Å². The van der Waals surface area contributed by atoms with E-state index in [4.69, 9.17) is 0 Å². The Hall–Kier alpha value is -1.84. The van der Waals surface area contributed by atoms with Crippen molar-refractivity contribution >= 4 is 11.9 Å². The normalized spacial score (nSPS) is 16.1. The minimum atomic E-state index is -0.913. The van der Waals surface area contributed by atoms with Gasteiger partial charge in [-0.3, -0.25) is 9.59 Å². The fourth-order valence-corrected chi connectivity index (χ4v) is 1.79. The number of benzene rings is 1. The van der Waals surface area contributed by atoms with Gasteiger partial charge in [-0.25, -0.2) is 0 Å². The van der Waals surface area contributed by atoms with E-state index in [0.717, 1.165) is 5.56 Å². The first-order valence-electron chi connectivity index (χ1n) is 5.60. The highest BCUT2D eigenvalue weighted by atomic mass is 16.5. The number of carbonyl (C=O) groups is 2. The Morgan fingerprint density at radius 1 is 1.29 bits per heavy atom. The molecular weight excluding hydrogens is 218 g/mol. The summed E-state index contributed by atoms with van der Waals surface area (Å²) in [5.41, 5.74) is 0.102. The van der Waals surface area contributed by atoms with Crippen LogP contribution >= 0.6 is 0 Å².